The average molecular weight is 300 g/mol. The van der Waals surface area contributed by atoms with Crippen molar-refractivity contribution in [3.63, 3.8) is 0 Å². The Morgan fingerprint density at radius 1 is 1.18 bits per heavy atom. The zero-order valence-electron chi connectivity index (χ0n) is 13.0. The standard InChI is InChI=1S/C16H20N4O2/c1-11-4-6-14(7-5-11)19-15-10-12(2)18-16(20-15)17-8-9-22-13(3)21/h4-7,10H,8-9H2,1-3H3,(H2,17,18,19,20). The minimum absolute atomic E-state index is 0.285. The molecule has 2 rings (SSSR count). The van der Waals surface area contributed by atoms with E-state index in [1.165, 1.54) is 12.5 Å². The van der Waals surface area contributed by atoms with Gasteiger partial charge >= 0.3 is 5.97 Å². The molecule has 1 heterocycles. The zero-order valence-corrected chi connectivity index (χ0v) is 13.0. The van der Waals surface area contributed by atoms with Crippen LogP contribution in [-0.2, 0) is 9.53 Å². The minimum Gasteiger partial charge on any atom is -0.464 e. The highest BCUT2D eigenvalue weighted by molar-refractivity contribution is 5.65. The Morgan fingerprint density at radius 3 is 2.59 bits per heavy atom. The maximum atomic E-state index is 10.7. The fourth-order valence-electron chi connectivity index (χ4n) is 1.85. The molecule has 6 nitrogen and oxygen atoms in total. The highest BCUT2D eigenvalue weighted by Gasteiger charge is 2.03. The van der Waals surface area contributed by atoms with Crippen LogP contribution in [0.4, 0.5) is 17.5 Å². The molecule has 0 fully saturated rings. The van der Waals surface area contributed by atoms with Crippen LogP contribution in [0, 0.1) is 13.8 Å². The monoisotopic (exact) mass is 300 g/mol. The van der Waals surface area contributed by atoms with Gasteiger partial charge in [0.05, 0.1) is 6.54 Å². The third kappa shape index (κ3) is 5.05. The second-order valence-corrected chi connectivity index (χ2v) is 4.98. The van der Waals surface area contributed by atoms with E-state index in [4.69, 9.17) is 4.74 Å². The Bertz CT molecular complexity index is 641. The van der Waals surface area contributed by atoms with Crippen LogP contribution in [0.3, 0.4) is 0 Å². The number of hydrogen-bond acceptors (Lipinski definition) is 6. The topological polar surface area (TPSA) is 76.1 Å². The second-order valence-electron chi connectivity index (χ2n) is 4.98. The van der Waals surface area contributed by atoms with Crippen LogP contribution in [0.5, 0.6) is 0 Å². The summed E-state index contributed by atoms with van der Waals surface area (Å²) in [4.78, 5) is 19.4. The fourth-order valence-corrected chi connectivity index (χ4v) is 1.85. The van der Waals surface area contributed by atoms with Gasteiger partial charge in [0.25, 0.3) is 0 Å². The summed E-state index contributed by atoms with van der Waals surface area (Å²) in [5.41, 5.74) is 3.02. The lowest BCUT2D eigenvalue weighted by Gasteiger charge is -2.10. The number of aryl methyl sites for hydroxylation is 2. The molecule has 22 heavy (non-hydrogen) atoms. The number of hydrogen-bond donors (Lipinski definition) is 2. The smallest absolute Gasteiger partial charge is 0.302 e. The van der Waals surface area contributed by atoms with Crippen molar-refractivity contribution in [2.45, 2.75) is 20.8 Å². The molecule has 0 amide bonds. The SMILES string of the molecule is CC(=O)OCCNc1nc(C)cc(Nc2ccc(C)cc2)n1. The number of aromatic nitrogens is 2. The van der Waals surface area contributed by atoms with Crippen molar-refractivity contribution in [3.8, 4) is 0 Å². The van der Waals surface area contributed by atoms with Crippen LogP contribution in [0.2, 0.25) is 0 Å². The highest BCUT2D eigenvalue weighted by Crippen LogP contribution is 2.17. The molecule has 0 spiro atoms. The van der Waals surface area contributed by atoms with Gasteiger partial charge in [-0.2, -0.15) is 4.98 Å². The Labute approximate surface area is 129 Å². The highest BCUT2D eigenvalue weighted by atomic mass is 16.5. The van der Waals surface area contributed by atoms with Crippen molar-refractivity contribution in [1.82, 2.24) is 9.97 Å². The van der Waals surface area contributed by atoms with Crippen molar-refractivity contribution < 1.29 is 9.53 Å². The van der Waals surface area contributed by atoms with Gasteiger partial charge in [0.1, 0.15) is 12.4 Å². The van der Waals surface area contributed by atoms with Gasteiger partial charge < -0.3 is 15.4 Å². The molecule has 0 aliphatic carbocycles. The first kappa shape index (κ1) is 15.8. The van der Waals surface area contributed by atoms with Crippen LogP contribution in [0.15, 0.2) is 30.3 Å². The summed E-state index contributed by atoms with van der Waals surface area (Å²) in [5, 5.41) is 6.28. The molecule has 6 heteroatoms. The quantitative estimate of drug-likeness (QED) is 0.631. The summed E-state index contributed by atoms with van der Waals surface area (Å²) in [5.74, 6) is 0.918. The number of benzene rings is 1. The van der Waals surface area contributed by atoms with E-state index in [2.05, 4.69) is 20.6 Å². The molecular formula is C16H20N4O2. The molecule has 0 unspecified atom stereocenters. The fraction of sp³-hybridized carbons (Fsp3) is 0.312. The van der Waals surface area contributed by atoms with E-state index < -0.39 is 0 Å². The van der Waals surface area contributed by atoms with Gasteiger partial charge in [-0.05, 0) is 26.0 Å². The van der Waals surface area contributed by atoms with E-state index in [9.17, 15) is 4.79 Å². The number of anilines is 3. The molecule has 0 atom stereocenters. The van der Waals surface area contributed by atoms with E-state index in [0.29, 0.717) is 18.3 Å². The molecule has 1 aromatic carbocycles. The van der Waals surface area contributed by atoms with Crippen LogP contribution in [-0.4, -0.2) is 29.1 Å². The molecular weight excluding hydrogens is 280 g/mol. The first-order chi connectivity index (χ1) is 10.5. The van der Waals surface area contributed by atoms with Crippen molar-refractivity contribution in [1.29, 1.82) is 0 Å². The molecule has 0 saturated heterocycles. The Kier molecular flexibility index (Phi) is 5.30. The number of ether oxygens (including phenoxy) is 1. The lowest BCUT2D eigenvalue weighted by molar-refractivity contribution is -0.140. The summed E-state index contributed by atoms with van der Waals surface area (Å²) in [6.45, 7) is 6.08. The van der Waals surface area contributed by atoms with Crippen molar-refractivity contribution in [3.05, 3.63) is 41.6 Å². The van der Waals surface area contributed by atoms with Gasteiger partial charge in [-0.15, -0.1) is 0 Å². The van der Waals surface area contributed by atoms with E-state index in [-0.39, 0.29) is 12.6 Å². The number of nitrogens with one attached hydrogen (secondary N) is 2. The van der Waals surface area contributed by atoms with Crippen molar-refractivity contribution in [2.75, 3.05) is 23.8 Å². The molecule has 0 aliphatic heterocycles. The van der Waals surface area contributed by atoms with Gasteiger partial charge in [-0.3, -0.25) is 4.79 Å². The summed E-state index contributed by atoms with van der Waals surface area (Å²) < 4.78 is 4.86. The number of esters is 1. The first-order valence-corrected chi connectivity index (χ1v) is 7.09. The largest absolute Gasteiger partial charge is 0.464 e. The minimum atomic E-state index is -0.298. The summed E-state index contributed by atoms with van der Waals surface area (Å²) in [6.07, 6.45) is 0. The average Bonchev–Trinajstić information content (AvgIpc) is 2.45. The van der Waals surface area contributed by atoms with Crippen molar-refractivity contribution in [2.24, 2.45) is 0 Å². The lowest BCUT2D eigenvalue weighted by Crippen LogP contribution is -2.14. The molecule has 1 aromatic heterocycles. The maximum Gasteiger partial charge on any atom is 0.302 e. The van der Waals surface area contributed by atoms with Gasteiger partial charge in [0, 0.05) is 24.4 Å². The number of nitrogens with zero attached hydrogens (tertiary/aromatic N) is 2. The molecule has 116 valence electrons. The number of rotatable bonds is 6. The van der Waals surface area contributed by atoms with E-state index in [0.717, 1.165) is 11.4 Å². The number of carbonyl (C=O) groups is 1. The summed E-state index contributed by atoms with van der Waals surface area (Å²) >= 11 is 0. The molecule has 2 N–H and O–H groups in total. The Balaban J connectivity index is 2.00. The molecule has 0 bridgehead atoms. The molecule has 0 saturated carbocycles. The Hall–Kier alpha value is -2.63. The lowest BCUT2D eigenvalue weighted by atomic mass is 10.2. The first-order valence-electron chi connectivity index (χ1n) is 7.09. The Morgan fingerprint density at radius 2 is 1.91 bits per heavy atom. The third-order valence-corrected chi connectivity index (χ3v) is 2.87. The predicted molar refractivity (Wildman–Crippen MR) is 86.4 cm³/mol. The van der Waals surface area contributed by atoms with Gasteiger partial charge in [0.15, 0.2) is 0 Å². The predicted octanol–water partition coefficient (Wildman–Crippen LogP) is 2.81. The summed E-state index contributed by atoms with van der Waals surface area (Å²) in [6, 6.07) is 9.95. The van der Waals surface area contributed by atoms with E-state index in [1.807, 2.05) is 44.2 Å². The molecule has 0 radical (unpaired) electrons. The third-order valence-electron chi connectivity index (χ3n) is 2.87. The van der Waals surface area contributed by atoms with Crippen molar-refractivity contribution >= 4 is 23.4 Å². The van der Waals surface area contributed by atoms with Crippen LogP contribution in [0.25, 0.3) is 0 Å². The maximum absolute atomic E-state index is 10.7. The summed E-state index contributed by atoms with van der Waals surface area (Å²) in [7, 11) is 0. The zero-order chi connectivity index (χ0) is 15.9. The van der Waals surface area contributed by atoms with Crippen LogP contribution >= 0.6 is 0 Å². The molecule has 0 aliphatic rings. The van der Waals surface area contributed by atoms with E-state index >= 15 is 0 Å². The van der Waals surface area contributed by atoms with Crippen LogP contribution in [0.1, 0.15) is 18.2 Å². The molecule has 2 aromatic rings. The van der Waals surface area contributed by atoms with Gasteiger partial charge in [-0.1, -0.05) is 17.7 Å². The van der Waals surface area contributed by atoms with Crippen LogP contribution < -0.4 is 10.6 Å². The van der Waals surface area contributed by atoms with Gasteiger partial charge in [0.2, 0.25) is 5.95 Å². The normalized spacial score (nSPS) is 10.1. The second kappa shape index (κ2) is 7.40. The number of carbonyl (C=O) groups excluding carboxylic acids is 1. The van der Waals surface area contributed by atoms with Gasteiger partial charge in [-0.25, -0.2) is 4.98 Å². The van der Waals surface area contributed by atoms with E-state index in [1.54, 1.807) is 0 Å².